The fraction of sp³-hybridized carbons (Fsp3) is 0.680. The van der Waals surface area contributed by atoms with Crippen LogP contribution in [0.1, 0.15) is 51.5 Å². The summed E-state index contributed by atoms with van der Waals surface area (Å²) < 4.78 is 5.43. The zero-order valence-electron chi connectivity index (χ0n) is 19.4. The predicted molar refractivity (Wildman–Crippen MR) is 123 cm³/mol. The van der Waals surface area contributed by atoms with E-state index in [0.29, 0.717) is 24.8 Å². The first-order valence-electron chi connectivity index (χ1n) is 11.9. The third-order valence-corrected chi connectivity index (χ3v) is 6.64. The van der Waals surface area contributed by atoms with Crippen molar-refractivity contribution in [2.75, 3.05) is 39.8 Å². The van der Waals surface area contributed by atoms with E-state index in [4.69, 9.17) is 4.74 Å². The second-order valence-corrected chi connectivity index (χ2v) is 9.36. The highest BCUT2D eigenvalue weighted by molar-refractivity contribution is 5.82. The van der Waals surface area contributed by atoms with Crippen LogP contribution in [0.4, 0.5) is 0 Å². The molecule has 1 saturated heterocycles. The van der Waals surface area contributed by atoms with Gasteiger partial charge in [0.05, 0.1) is 13.2 Å². The van der Waals surface area contributed by atoms with Crippen LogP contribution in [0.25, 0.3) is 0 Å². The summed E-state index contributed by atoms with van der Waals surface area (Å²) >= 11 is 0. The number of piperazine rings is 1. The molecule has 0 unspecified atom stereocenters. The van der Waals surface area contributed by atoms with Crippen molar-refractivity contribution in [1.82, 2.24) is 15.1 Å². The molecule has 0 aromatic heterocycles. The van der Waals surface area contributed by atoms with E-state index in [9.17, 15) is 9.59 Å². The lowest BCUT2D eigenvalue weighted by molar-refractivity contribution is -0.135. The lowest BCUT2D eigenvalue weighted by atomic mass is 9.94. The van der Waals surface area contributed by atoms with Crippen molar-refractivity contribution in [3.05, 3.63) is 29.8 Å². The van der Waals surface area contributed by atoms with Crippen molar-refractivity contribution in [1.29, 1.82) is 0 Å². The number of carbonyl (C=O) groups is 2. The highest BCUT2D eigenvalue weighted by Gasteiger charge is 2.37. The minimum atomic E-state index is -0.0810. The average molecular weight is 430 g/mol. The summed E-state index contributed by atoms with van der Waals surface area (Å²) in [4.78, 5) is 30.0. The number of benzene rings is 1. The number of hydrogen-bond acceptors (Lipinski definition) is 4. The molecule has 0 radical (unpaired) electrons. The van der Waals surface area contributed by atoms with Crippen molar-refractivity contribution in [3.8, 4) is 5.75 Å². The van der Waals surface area contributed by atoms with Gasteiger partial charge in [0.25, 0.3) is 0 Å². The molecule has 2 aliphatic rings. The maximum absolute atomic E-state index is 13.3. The number of rotatable bonds is 9. The van der Waals surface area contributed by atoms with Crippen LogP contribution in [0.3, 0.4) is 0 Å². The lowest BCUT2D eigenvalue weighted by Crippen LogP contribution is -2.58. The minimum absolute atomic E-state index is 0.0810. The van der Waals surface area contributed by atoms with Gasteiger partial charge in [0.1, 0.15) is 5.75 Å². The molecule has 1 aliphatic carbocycles. The van der Waals surface area contributed by atoms with Crippen molar-refractivity contribution in [2.45, 2.75) is 58.4 Å². The average Bonchev–Trinajstić information content (AvgIpc) is 3.28. The number of ether oxygens (including phenoxy) is 1. The number of methoxy groups -OCH3 is 1. The van der Waals surface area contributed by atoms with Gasteiger partial charge < -0.3 is 15.0 Å². The second-order valence-electron chi connectivity index (χ2n) is 9.36. The number of hydrogen-bond donors (Lipinski definition) is 1. The van der Waals surface area contributed by atoms with Gasteiger partial charge in [-0.15, -0.1) is 0 Å². The monoisotopic (exact) mass is 429 g/mol. The molecule has 2 fully saturated rings. The van der Waals surface area contributed by atoms with Crippen LogP contribution < -0.4 is 10.1 Å². The van der Waals surface area contributed by atoms with Crippen LogP contribution in [0.5, 0.6) is 5.75 Å². The van der Waals surface area contributed by atoms with Crippen molar-refractivity contribution in [3.63, 3.8) is 0 Å². The van der Waals surface area contributed by atoms with Gasteiger partial charge in [0.15, 0.2) is 0 Å². The third kappa shape index (κ3) is 6.45. The Kier molecular flexibility index (Phi) is 8.76. The van der Waals surface area contributed by atoms with E-state index in [1.54, 1.807) is 7.11 Å². The van der Waals surface area contributed by atoms with Gasteiger partial charge in [-0.2, -0.15) is 0 Å². The summed E-state index contributed by atoms with van der Waals surface area (Å²) in [5.41, 5.74) is 1.11. The van der Waals surface area contributed by atoms with Crippen LogP contribution in [-0.2, 0) is 16.0 Å². The summed E-state index contributed by atoms with van der Waals surface area (Å²) in [7, 11) is 1.68. The van der Waals surface area contributed by atoms with Gasteiger partial charge in [-0.3, -0.25) is 14.5 Å². The molecule has 1 aromatic carbocycles. The highest BCUT2D eigenvalue weighted by Crippen LogP contribution is 2.31. The summed E-state index contributed by atoms with van der Waals surface area (Å²) in [5.74, 6) is 2.05. The molecule has 1 aromatic rings. The third-order valence-electron chi connectivity index (χ3n) is 6.64. The van der Waals surface area contributed by atoms with E-state index in [1.165, 1.54) is 12.8 Å². The zero-order chi connectivity index (χ0) is 22.2. The van der Waals surface area contributed by atoms with Crippen molar-refractivity contribution in [2.24, 2.45) is 11.8 Å². The fourth-order valence-corrected chi connectivity index (χ4v) is 5.01. The molecule has 0 bridgehead atoms. The molecule has 1 N–H and O–H groups in total. The molecular weight excluding hydrogens is 390 g/mol. The first-order valence-corrected chi connectivity index (χ1v) is 11.9. The maximum atomic E-state index is 13.3. The molecule has 1 atom stereocenters. The Labute approximate surface area is 187 Å². The van der Waals surface area contributed by atoms with Gasteiger partial charge in [-0.25, -0.2) is 0 Å². The molecule has 2 amide bonds. The first kappa shape index (κ1) is 23.6. The summed E-state index contributed by atoms with van der Waals surface area (Å²) in [6, 6.07) is 7.89. The largest absolute Gasteiger partial charge is 0.496 e. The van der Waals surface area contributed by atoms with Gasteiger partial charge in [-0.05, 0) is 42.7 Å². The topological polar surface area (TPSA) is 61.9 Å². The fourth-order valence-electron chi connectivity index (χ4n) is 5.01. The highest BCUT2D eigenvalue weighted by atomic mass is 16.5. The van der Waals surface area contributed by atoms with E-state index < -0.39 is 0 Å². The molecule has 172 valence electrons. The maximum Gasteiger partial charge on any atom is 0.237 e. The molecule has 3 rings (SSSR count). The Morgan fingerprint density at radius 2 is 1.77 bits per heavy atom. The molecule has 31 heavy (non-hydrogen) atoms. The van der Waals surface area contributed by atoms with Crippen LogP contribution in [0, 0.1) is 11.8 Å². The Bertz CT molecular complexity index is 722. The Balaban J connectivity index is 1.56. The summed E-state index contributed by atoms with van der Waals surface area (Å²) in [5, 5.41) is 3.20. The second kappa shape index (κ2) is 11.5. The predicted octanol–water partition coefficient (Wildman–Crippen LogP) is 3.10. The van der Waals surface area contributed by atoms with Gasteiger partial charge >= 0.3 is 0 Å². The number of nitrogens with zero attached hydrogens (tertiary/aromatic N) is 2. The smallest absolute Gasteiger partial charge is 0.237 e. The zero-order valence-corrected chi connectivity index (χ0v) is 19.4. The molecule has 1 saturated carbocycles. The van der Waals surface area contributed by atoms with E-state index >= 15 is 0 Å². The molecule has 1 heterocycles. The van der Waals surface area contributed by atoms with Crippen LogP contribution in [-0.4, -0.2) is 67.5 Å². The van der Waals surface area contributed by atoms with E-state index in [-0.39, 0.29) is 17.9 Å². The number of para-hydroxylation sites is 1. The lowest BCUT2D eigenvalue weighted by Gasteiger charge is -2.41. The van der Waals surface area contributed by atoms with Crippen molar-refractivity contribution < 1.29 is 14.3 Å². The molecule has 6 nitrogen and oxygen atoms in total. The Morgan fingerprint density at radius 3 is 2.42 bits per heavy atom. The first-order chi connectivity index (χ1) is 15.0. The van der Waals surface area contributed by atoms with E-state index in [0.717, 1.165) is 56.8 Å². The molecular formula is C25H39N3O3. The van der Waals surface area contributed by atoms with Crippen LogP contribution >= 0.6 is 0 Å². The molecule has 0 spiro atoms. The van der Waals surface area contributed by atoms with Crippen LogP contribution in [0.15, 0.2) is 24.3 Å². The Morgan fingerprint density at radius 1 is 1.10 bits per heavy atom. The molecule has 6 heteroatoms. The van der Waals surface area contributed by atoms with Gasteiger partial charge in [0.2, 0.25) is 11.8 Å². The normalized spacial score (nSPS) is 18.9. The van der Waals surface area contributed by atoms with Gasteiger partial charge in [0, 0.05) is 39.1 Å². The SMILES string of the molecule is COc1ccccc1CCNC(=O)[C@@H](C1CCCC1)N1CCN(C(=O)CC(C)C)CC1. The van der Waals surface area contributed by atoms with Gasteiger partial charge in [-0.1, -0.05) is 44.9 Å². The summed E-state index contributed by atoms with van der Waals surface area (Å²) in [6.45, 7) is 7.79. The standard InChI is InChI=1S/C25H39N3O3/c1-19(2)18-23(29)27-14-16-28(17-15-27)24(21-9-4-5-10-21)25(30)26-13-12-20-8-6-7-11-22(20)31-3/h6-8,11,19,21,24H,4-5,9-10,12-18H2,1-3H3,(H,26,30)/t24-/m1/s1. The number of nitrogens with one attached hydrogen (secondary N) is 1. The number of carbonyl (C=O) groups excluding carboxylic acids is 2. The molecule has 1 aliphatic heterocycles. The van der Waals surface area contributed by atoms with Crippen LogP contribution in [0.2, 0.25) is 0 Å². The Hall–Kier alpha value is -2.08. The minimum Gasteiger partial charge on any atom is -0.496 e. The van der Waals surface area contributed by atoms with E-state index in [2.05, 4.69) is 24.1 Å². The quantitative estimate of drug-likeness (QED) is 0.655. The summed E-state index contributed by atoms with van der Waals surface area (Å²) in [6.07, 6.45) is 6.03. The van der Waals surface area contributed by atoms with E-state index in [1.807, 2.05) is 29.2 Å². The number of amides is 2. The van der Waals surface area contributed by atoms with Crippen molar-refractivity contribution >= 4 is 11.8 Å².